The van der Waals surface area contributed by atoms with E-state index in [9.17, 15) is 5.11 Å². The summed E-state index contributed by atoms with van der Waals surface area (Å²) in [5, 5.41) is 17.2. The quantitative estimate of drug-likeness (QED) is 0.442. The first kappa shape index (κ1) is 15.5. The Kier molecular flexibility index (Phi) is 6.38. The number of phenols is 1. The highest BCUT2D eigenvalue weighted by Crippen LogP contribution is 2.34. The number of phenolic OH excluding ortho intramolecular Hbond substituents is 1. The second kappa shape index (κ2) is 7.81. The zero-order chi connectivity index (χ0) is 14.3. The largest absolute Gasteiger partial charge is 0.503 e. The van der Waals surface area contributed by atoms with E-state index in [4.69, 9.17) is 28.6 Å². The molecule has 19 heavy (non-hydrogen) atoms. The standard InChI is InChI=1S/C12H16ClN3O2S/c1-3-14-12(19)16-15-7-8-5-9(13)11(17)10(6-8)18-4-2/h5-7,17H,3-4H2,1-2H3,(H2,14,16,19)/b15-7-. The van der Waals surface area contributed by atoms with Gasteiger partial charge < -0.3 is 15.2 Å². The molecular weight excluding hydrogens is 286 g/mol. The minimum Gasteiger partial charge on any atom is -0.503 e. The van der Waals surface area contributed by atoms with Crippen molar-refractivity contribution in [3.63, 3.8) is 0 Å². The molecule has 7 heteroatoms. The van der Waals surface area contributed by atoms with Crippen LogP contribution in [0.1, 0.15) is 19.4 Å². The van der Waals surface area contributed by atoms with Crippen molar-refractivity contribution in [2.24, 2.45) is 5.10 Å². The Morgan fingerprint density at radius 1 is 1.53 bits per heavy atom. The van der Waals surface area contributed by atoms with Crippen molar-refractivity contribution in [1.82, 2.24) is 10.7 Å². The molecule has 0 heterocycles. The summed E-state index contributed by atoms with van der Waals surface area (Å²) in [6.07, 6.45) is 1.54. The molecule has 0 aliphatic heterocycles. The third-order valence-electron chi connectivity index (χ3n) is 2.07. The Balaban J connectivity index is 2.78. The number of hydrogen-bond acceptors (Lipinski definition) is 4. The molecular formula is C12H16ClN3O2S. The molecule has 0 saturated heterocycles. The number of benzene rings is 1. The summed E-state index contributed by atoms with van der Waals surface area (Å²) < 4.78 is 5.27. The number of nitrogens with one attached hydrogen (secondary N) is 2. The maximum atomic E-state index is 9.69. The molecule has 0 aliphatic carbocycles. The van der Waals surface area contributed by atoms with E-state index in [0.29, 0.717) is 23.0 Å². The molecule has 0 saturated carbocycles. The number of thiocarbonyl (C=S) groups is 1. The Morgan fingerprint density at radius 2 is 2.26 bits per heavy atom. The molecule has 3 N–H and O–H groups in total. The maximum Gasteiger partial charge on any atom is 0.186 e. The second-order valence-electron chi connectivity index (χ2n) is 3.51. The van der Waals surface area contributed by atoms with Gasteiger partial charge in [0, 0.05) is 6.54 Å². The third kappa shape index (κ3) is 4.92. The summed E-state index contributed by atoms with van der Waals surface area (Å²) in [5.41, 5.74) is 3.35. The molecule has 0 fully saturated rings. The average Bonchev–Trinajstić information content (AvgIpc) is 2.36. The number of aromatic hydroxyl groups is 1. The van der Waals surface area contributed by atoms with Crippen LogP contribution < -0.4 is 15.5 Å². The minimum atomic E-state index is -0.0724. The molecule has 1 aromatic rings. The number of rotatable bonds is 5. The summed E-state index contributed by atoms with van der Waals surface area (Å²) in [5.74, 6) is 0.252. The van der Waals surface area contributed by atoms with Crippen molar-refractivity contribution in [2.45, 2.75) is 13.8 Å². The number of ether oxygens (including phenoxy) is 1. The Labute approximate surface area is 122 Å². The molecule has 104 valence electrons. The van der Waals surface area contributed by atoms with Gasteiger partial charge in [-0.2, -0.15) is 5.10 Å². The summed E-state index contributed by atoms with van der Waals surface area (Å²) in [7, 11) is 0. The normalized spacial score (nSPS) is 10.5. The fraction of sp³-hybridized carbons (Fsp3) is 0.333. The molecule has 5 nitrogen and oxygen atoms in total. The van der Waals surface area contributed by atoms with Crippen molar-refractivity contribution in [3.05, 3.63) is 22.7 Å². The lowest BCUT2D eigenvalue weighted by molar-refractivity contribution is 0.318. The Hall–Kier alpha value is -1.53. The van der Waals surface area contributed by atoms with Gasteiger partial charge in [0.05, 0.1) is 17.8 Å². The van der Waals surface area contributed by atoms with E-state index < -0.39 is 0 Å². The van der Waals surface area contributed by atoms with Crippen LogP contribution in [0.2, 0.25) is 5.02 Å². The van der Waals surface area contributed by atoms with E-state index in [1.165, 1.54) is 6.21 Å². The van der Waals surface area contributed by atoms with Crippen molar-refractivity contribution >= 4 is 35.1 Å². The van der Waals surface area contributed by atoms with Gasteiger partial charge in [-0.15, -0.1) is 0 Å². The molecule has 0 spiro atoms. The number of halogens is 1. The summed E-state index contributed by atoms with van der Waals surface area (Å²) >= 11 is 10.9. The molecule has 0 aliphatic rings. The molecule has 1 aromatic carbocycles. The van der Waals surface area contributed by atoms with Gasteiger partial charge in [0.2, 0.25) is 0 Å². The van der Waals surface area contributed by atoms with Crippen molar-refractivity contribution in [3.8, 4) is 11.5 Å². The zero-order valence-electron chi connectivity index (χ0n) is 10.7. The van der Waals surface area contributed by atoms with Crippen LogP contribution in [0.5, 0.6) is 11.5 Å². The average molecular weight is 302 g/mol. The number of nitrogens with zero attached hydrogens (tertiary/aromatic N) is 1. The van der Waals surface area contributed by atoms with Crippen LogP contribution in [0.3, 0.4) is 0 Å². The smallest absolute Gasteiger partial charge is 0.186 e. The van der Waals surface area contributed by atoms with Crippen LogP contribution in [0.15, 0.2) is 17.2 Å². The third-order valence-corrected chi connectivity index (χ3v) is 2.59. The summed E-state index contributed by atoms with van der Waals surface area (Å²) in [6, 6.07) is 3.23. The van der Waals surface area contributed by atoms with Crippen LogP contribution in [0.4, 0.5) is 0 Å². The van der Waals surface area contributed by atoms with Crippen molar-refractivity contribution < 1.29 is 9.84 Å². The van der Waals surface area contributed by atoms with E-state index in [2.05, 4.69) is 15.8 Å². The lowest BCUT2D eigenvalue weighted by atomic mass is 10.2. The van der Waals surface area contributed by atoms with E-state index >= 15 is 0 Å². The topological polar surface area (TPSA) is 65.9 Å². The van der Waals surface area contributed by atoms with Crippen LogP contribution in [0, 0.1) is 0 Å². The summed E-state index contributed by atoms with van der Waals surface area (Å²) in [4.78, 5) is 0. The maximum absolute atomic E-state index is 9.69. The zero-order valence-corrected chi connectivity index (χ0v) is 12.3. The summed E-state index contributed by atoms with van der Waals surface area (Å²) in [6.45, 7) is 4.92. The first-order chi connectivity index (χ1) is 9.08. The Morgan fingerprint density at radius 3 is 2.89 bits per heavy atom. The van der Waals surface area contributed by atoms with Gasteiger partial charge in [-0.05, 0) is 43.8 Å². The van der Waals surface area contributed by atoms with Gasteiger partial charge in [0.25, 0.3) is 0 Å². The van der Waals surface area contributed by atoms with Gasteiger partial charge >= 0.3 is 0 Å². The first-order valence-corrected chi connectivity index (χ1v) is 6.59. The van der Waals surface area contributed by atoms with E-state index in [1.807, 2.05) is 13.8 Å². The highest BCUT2D eigenvalue weighted by molar-refractivity contribution is 7.80. The lowest BCUT2D eigenvalue weighted by Gasteiger charge is -2.08. The van der Waals surface area contributed by atoms with E-state index in [-0.39, 0.29) is 10.8 Å². The SMILES string of the molecule is CCNC(=S)N/N=C\c1cc(Cl)c(O)c(OCC)c1. The molecule has 0 bridgehead atoms. The van der Waals surface area contributed by atoms with Crippen molar-refractivity contribution in [2.75, 3.05) is 13.2 Å². The van der Waals surface area contributed by atoms with Gasteiger partial charge in [-0.25, -0.2) is 0 Å². The van der Waals surface area contributed by atoms with Crippen molar-refractivity contribution in [1.29, 1.82) is 0 Å². The van der Waals surface area contributed by atoms with Gasteiger partial charge in [-0.1, -0.05) is 11.6 Å². The molecule has 0 unspecified atom stereocenters. The van der Waals surface area contributed by atoms with E-state index in [0.717, 1.165) is 6.54 Å². The number of hydrogen-bond donors (Lipinski definition) is 3. The van der Waals surface area contributed by atoms with Crippen LogP contribution in [0.25, 0.3) is 0 Å². The molecule has 0 aromatic heterocycles. The van der Waals surface area contributed by atoms with Crippen LogP contribution in [-0.2, 0) is 0 Å². The monoisotopic (exact) mass is 301 g/mol. The van der Waals surface area contributed by atoms with Gasteiger partial charge in [0.15, 0.2) is 16.6 Å². The fourth-order valence-electron chi connectivity index (χ4n) is 1.30. The molecule has 0 amide bonds. The fourth-order valence-corrected chi connectivity index (χ4v) is 1.72. The predicted molar refractivity (Wildman–Crippen MR) is 81.3 cm³/mol. The predicted octanol–water partition coefficient (Wildman–Crippen LogP) is 2.26. The molecule has 0 radical (unpaired) electrons. The molecule has 0 atom stereocenters. The van der Waals surface area contributed by atoms with Gasteiger partial charge in [0.1, 0.15) is 0 Å². The highest BCUT2D eigenvalue weighted by atomic mass is 35.5. The van der Waals surface area contributed by atoms with Gasteiger partial charge in [-0.3, -0.25) is 5.43 Å². The molecule has 1 rings (SSSR count). The minimum absolute atomic E-state index is 0.0724. The van der Waals surface area contributed by atoms with Crippen LogP contribution >= 0.6 is 23.8 Å². The van der Waals surface area contributed by atoms with Crippen LogP contribution in [-0.4, -0.2) is 29.6 Å². The second-order valence-corrected chi connectivity index (χ2v) is 4.33. The number of hydrazone groups is 1. The first-order valence-electron chi connectivity index (χ1n) is 5.80. The highest BCUT2D eigenvalue weighted by Gasteiger charge is 2.08. The Bertz CT molecular complexity index is 480. The lowest BCUT2D eigenvalue weighted by Crippen LogP contribution is -2.31. The van der Waals surface area contributed by atoms with E-state index in [1.54, 1.807) is 12.1 Å².